The zero-order valence-electron chi connectivity index (χ0n) is 8.15. The molecule has 1 nitrogen and oxygen atoms in total. The summed E-state index contributed by atoms with van der Waals surface area (Å²) in [6, 6.07) is 8.41. The van der Waals surface area contributed by atoms with Crippen LogP contribution in [0.4, 0.5) is 0 Å². The van der Waals surface area contributed by atoms with E-state index >= 15 is 0 Å². The SMILES string of the molecule is Cc1ccc(-n2c(C)csc2=S)cc1. The number of thiazole rings is 1. The van der Waals surface area contributed by atoms with E-state index in [9.17, 15) is 0 Å². The van der Waals surface area contributed by atoms with Gasteiger partial charge in [0.2, 0.25) is 0 Å². The molecule has 0 spiro atoms. The molecule has 0 fully saturated rings. The topological polar surface area (TPSA) is 4.93 Å². The highest BCUT2D eigenvalue weighted by atomic mass is 32.1. The monoisotopic (exact) mass is 221 g/mol. The van der Waals surface area contributed by atoms with Crippen molar-refractivity contribution >= 4 is 23.6 Å². The van der Waals surface area contributed by atoms with Crippen molar-refractivity contribution < 1.29 is 0 Å². The van der Waals surface area contributed by atoms with Crippen molar-refractivity contribution in [3.8, 4) is 5.69 Å². The predicted molar refractivity (Wildman–Crippen MR) is 64.0 cm³/mol. The molecular formula is C11H11NS2. The van der Waals surface area contributed by atoms with Crippen LogP contribution in [0, 0.1) is 17.8 Å². The quantitative estimate of drug-likeness (QED) is 0.661. The molecule has 0 amide bonds. The third-order valence-corrected chi connectivity index (χ3v) is 3.47. The number of aryl methyl sites for hydroxylation is 2. The van der Waals surface area contributed by atoms with Crippen LogP contribution in [0.15, 0.2) is 29.6 Å². The Kier molecular flexibility index (Phi) is 2.52. The van der Waals surface area contributed by atoms with Gasteiger partial charge in [0.1, 0.15) is 0 Å². The fourth-order valence-electron chi connectivity index (χ4n) is 1.39. The maximum absolute atomic E-state index is 5.27. The highest BCUT2D eigenvalue weighted by molar-refractivity contribution is 7.73. The minimum absolute atomic E-state index is 0.909. The molecule has 1 heterocycles. The Hall–Kier alpha value is -0.930. The van der Waals surface area contributed by atoms with E-state index in [4.69, 9.17) is 12.2 Å². The average Bonchev–Trinajstić information content (AvgIpc) is 2.49. The smallest absolute Gasteiger partial charge is 0.165 e. The predicted octanol–water partition coefficient (Wildman–Crippen LogP) is 3.89. The minimum Gasteiger partial charge on any atom is -0.296 e. The molecule has 2 rings (SSSR count). The van der Waals surface area contributed by atoms with Gasteiger partial charge < -0.3 is 0 Å². The Morgan fingerprint density at radius 3 is 2.29 bits per heavy atom. The first-order chi connectivity index (χ1) is 6.68. The Morgan fingerprint density at radius 1 is 1.14 bits per heavy atom. The van der Waals surface area contributed by atoms with E-state index < -0.39 is 0 Å². The third-order valence-electron chi connectivity index (χ3n) is 2.16. The van der Waals surface area contributed by atoms with Gasteiger partial charge in [-0.3, -0.25) is 4.57 Å². The van der Waals surface area contributed by atoms with Crippen LogP contribution in [0.5, 0.6) is 0 Å². The summed E-state index contributed by atoms with van der Waals surface area (Å²) in [6.07, 6.45) is 0. The zero-order valence-corrected chi connectivity index (χ0v) is 9.78. The fraction of sp³-hybridized carbons (Fsp3) is 0.182. The summed E-state index contributed by atoms with van der Waals surface area (Å²) in [6.45, 7) is 4.16. The first-order valence-corrected chi connectivity index (χ1v) is 5.71. The number of aromatic nitrogens is 1. The van der Waals surface area contributed by atoms with E-state index in [-0.39, 0.29) is 0 Å². The summed E-state index contributed by atoms with van der Waals surface area (Å²) in [5.74, 6) is 0. The Bertz CT molecular complexity index is 491. The molecule has 72 valence electrons. The lowest BCUT2D eigenvalue weighted by Gasteiger charge is -2.05. The second kappa shape index (κ2) is 3.67. The van der Waals surface area contributed by atoms with Crippen molar-refractivity contribution in [3.05, 3.63) is 44.9 Å². The number of hydrogen-bond donors (Lipinski definition) is 0. The summed E-state index contributed by atoms with van der Waals surface area (Å²) >= 11 is 6.88. The number of rotatable bonds is 1. The molecule has 1 aromatic heterocycles. The van der Waals surface area contributed by atoms with Gasteiger partial charge in [0.25, 0.3) is 0 Å². The second-order valence-corrected chi connectivity index (χ2v) is 4.82. The molecule has 3 heteroatoms. The van der Waals surface area contributed by atoms with Gasteiger partial charge >= 0.3 is 0 Å². The molecule has 2 aromatic rings. The van der Waals surface area contributed by atoms with E-state index in [1.54, 1.807) is 11.3 Å². The van der Waals surface area contributed by atoms with E-state index in [0.717, 1.165) is 9.64 Å². The average molecular weight is 221 g/mol. The summed E-state index contributed by atoms with van der Waals surface area (Å²) in [7, 11) is 0. The van der Waals surface area contributed by atoms with Crippen LogP contribution in [0.3, 0.4) is 0 Å². The van der Waals surface area contributed by atoms with Crippen molar-refractivity contribution in [2.24, 2.45) is 0 Å². The lowest BCUT2D eigenvalue weighted by atomic mass is 10.2. The maximum atomic E-state index is 5.27. The van der Waals surface area contributed by atoms with Gasteiger partial charge in [-0.25, -0.2) is 0 Å². The van der Waals surface area contributed by atoms with Crippen LogP contribution in [-0.4, -0.2) is 4.57 Å². The molecule has 0 bridgehead atoms. The molecule has 0 N–H and O–H groups in total. The highest BCUT2D eigenvalue weighted by Gasteiger charge is 2.01. The first-order valence-electron chi connectivity index (χ1n) is 4.42. The molecule has 0 aliphatic heterocycles. The molecule has 0 radical (unpaired) electrons. The Balaban J connectivity index is 2.60. The summed E-state index contributed by atoms with van der Waals surface area (Å²) in [5, 5.41) is 2.09. The number of hydrogen-bond acceptors (Lipinski definition) is 2. The highest BCUT2D eigenvalue weighted by Crippen LogP contribution is 2.17. The summed E-state index contributed by atoms with van der Waals surface area (Å²) < 4.78 is 3.01. The van der Waals surface area contributed by atoms with Gasteiger partial charge in [-0.2, -0.15) is 0 Å². The molecule has 0 aliphatic rings. The van der Waals surface area contributed by atoms with Crippen molar-refractivity contribution in [1.29, 1.82) is 0 Å². The second-order valence-electron chi connectivity index (χ2n) is 3.31. The molecule has 0 aliphatic carbocycles. The van der Waals surface area contributed by atoms with Crippen LogP contribution in [-0.2, 0) is 0 Å². The summed E-state index contributed by atoms with van der Waals surface area (Å²) in [4.78, 5) is 0. The number of benzene rings is 1. The fourth-order valence-corrected chi connectivity index (χ4v) is 2.51. The normalized spacial score (nSPS) is 10.4. The Morgan fingerprint density at radius 2 is 1.79 bits per heavy atom. The van der Waals surface area contributed by atoms with Gasteiger partial charge in [0.15, 0.2) is 3.95 Å². The Labute approximate surface area is 92.6 Å². The van der Waals surface area contributed by atoms with Gasteiger partial charge in [-0.05, 0) is 38.2 Å². The van der Waals surface area contributed by atoms with E-state index in [1.165, 1.54) is 11.3 Å². The minimum atomic E-state index is 0.909. The molecular weight excluding hydrogens is 210 g/mol. The molecule has 0 atom stereocenters. The van der Waals surface area contributed by atoms with Crippen LogP contribution in [0.2, 0.25) is 0 Å². The third kappa shape index (κ3) is 1.65. The lowest BCUT2D eigenvalue weighted by molar-refractivity contribution is 1.00. The van der Waals surface area contributed by atoms with E-state index in [2.05, 4.69) is 48.1 Å². The standard InChI is InChI=1S/C11H11NS2/c1-8-3-5-10(6-4-8)12-9(2)7-14-11(12)13/h3-7H,1-2H3. The zero-order chi connectivity index (χ0) is 10.1. The van der Waals surface area contributed by atoms with E-state index in [1.807, 2.05) is 0 Å². The van der Waals surface area contributed by atoms with Crippen molar-refractivity contribution in [1.82, 2.24) is 4.57 Å². The van der Waals surface area contributed by atoms with Gasteiger partial charge in [0.05, 0.1) is 0 Å². The van der Waals surface area contributed by atoms with Crippen LogP contribution >= 0.6 is 23.6 Å². The summed E-state index contributed by atoms with van der Waals surface area (Å²) in [5.41, 5.74) is 3.62. The van der Waals surface area contributed by atoms with Crippen LogP contribution in [0.1, 0.15) is 11.3 Å². The molecule has 1 aromatic carbocycles. The molecule has 14 heavy (non-hydrogen) atoms. The van der Waals surface area contributed by atoms with Crippen molar-refractivity contribution in [2.45, 2.75) is 13.8 Å². The van der Waals surface area contributed by atoms with Gasteiger partial charge in [-0.15, -0.1) is 11.3 Å². The van der Waals surface area contributed by atoms with Crippen molar-refractivity contribution in [3.63, 3.8) is 0 Å². The number of nitrogens with zero attached hydrogens (tertiary/aromatic N) is 1. The largest absolute Gasteiger partial charge is 0.296 e. The lowest BCUT2D eigenvalue weighted by Crippen LogP contribution is -1.95. The molecule has 0 unspecified atom stereocenters. The van der Waals surface area contributed by atoms with Crippen LogP contribution < -0.4 is 0 Å². The van der Waals surface area contributed by atoms with Crippen molar-refractivity contribution in [2.75, 3.05) is 0 Å². The van der Waals surface area contributed by atoms with Gasteiger partial charge in [0, 0.05) is 16.8 Å². The maximum Gasteiger partial charge on any atom is 0.165 e. The van der Waals surface area contributed by atoms with E-state index in [0.29, 0.717) is 0 Å². The molecule has 0 saturated heterocycles. The molecule has 0 saturated carbocycles. The van der Waals surface area contributed by atoms with Crippen LogP contribution in [0.25, 0.3) is 5.69 Å². The first kappa shape index (κ1) is 9.62. The van der Waals surface area contributed by atoms with Gasteiger partial charge in [-0.1, -0.05) is 17.7 Å².